The van der Waals surface area contributed by atoms with Gasteiger partial charge in [0.1, 0.15) is 6.04 Å². The quantitative estimate of drug-likeness (QED) is 0.479. The van der Waals surface area contributed by atoms with Gasteiger partial charge in [-0.2, -0.15) is 0 Å². The summed E-state index contributed by atoms with van der Waals surface area (Å²) in [6.45, 7) is 4.27. The van der Waals surface area contributed by atoms with Crippen molar-refractivity contribution in [2.75, 3.05) is 39.8 Å². The fourth-order valence-corrected chi connectivity index (χ4v) is 1.99. The molecule has 1 unspecified atom stereocenters. The number of hydrogen-bond donors (Lipinski definition) is 4. The lowest BCUT2D eigenvalue weighted by molar-refractivity contribution is -0.128. The second-order valence-corrected chi connectivity index (χ2v) is 4.61. The molecule has 0 aliphatic carbocycles. The molecular formula is C12H23N5O3. The Labute approximate surface area is 118 Å². The van der Waals surface area contributed by atoms with Crippen molar-refractivity contribution < 1.29 is 14.4 Å². The van der Waals surface area contributed by atoms with Crippen LogP contribution in [-0.2, 0) is 9.59 Å². The van der Waals surface area contributed by atoms with Gasteiger partial charge in [-0.05, 0) is 6.42 Å². The lowest BCUT2D eigenvalue weighted by atomic mass is 10.1. The van der Waals surface area contributed by atoms with Crippen LogP contribution in [0.4, 0.5) is 4.79 Å². The molecule has 1 aliphatic heterocycles. The first kappa shape index (κ1) is 16.4. The van der Waals surface area contributed by atoms with Gasteiger partial charge in [-0.3, -0.25) is 19.8 Å². The molecule has 4 amide bonds. The van der Waals surface area contributed by atoms with E-state index in [2.05, 4.69) is 21.3 Å². The Morgan fingerprint density at radius 2 is 2.10 bits per heavy atom. The zero-order chi connectivity index (χ0) is 15.0. The molecule has 0 spiro atoms. The van der Waals surface area contributed by atoms with Crippen LogP contribution in [-0.4, -0.2) is 68.6 Å². The van der Waals surface area contributed by atoms with E-state index in [4.69, 9.17) is 0 Å². The Kier molecular flexibility index (Phi) is 6.96. The molecule has 1 heterocycles. The van der Waals surface area contributed by atoms with Crippen molar-refractivity contribution in [2.45, 2.75) is 19.4 Å². The SMILES string of the molecule is CCCNC(=O)NC(=O)CN1CCNCC1C(=O)NC. The summed E-state index contributed by atoms with van der Waals surface area (Å²) in [6.07, 6.45) is 0.804. The first-order valence-corrected chi connectivity index (χ1v) is 6.82. The Morgan fingerprint density at radius 3 is 2.75 bits per heavy atom. The maximum atomic E-state index is 11.8. The zero-order valence-electron chi connectivity index (χ0n) is 12.0. The maximum Gasteiger partial charge on any atom is 0.321 e. The van der Waals surface area contributed by atoms with E-state index in [0.29, 0.717) is 26.2 Å². The molecular weight excluding hydrogens is 262 g/mol. The van der Waals surface area contributed by atoms with Crippen molar-refractivity contribution in [1.29, 1.82) is 0 Å². The second-order valence-electron chi connectivity index (χ2n) is 4.61. The van der Waals surface area contributed by atoms with Gasteiger partial charge < -0.3 is 16.0 Å². The molecule has 1 saturated heterocycles. The fourth-order valence-electron chi connectivity index (χ4n) is 1.99. The van der Waals surface area contributed by atoms with Crippen LogP contribution in [0.5, 0.6) is 0 Å². The number of nitrogens with zero attached hydrogens (tertiary/aromatic N) is 1. The number of nitrogens with one attached hydrogen (secondary N) is 4. The van der Waals surface area contributed by atoms with Gasteiger partial charge in [-0.25, -0.2) is 4.79 Å². The number of imide groups is 1. The van der Waals surface area contributed by atoms with E-state index in [0.717, 1.165) is 6.42 Å². The highest BCUT2D eigenvalue weighted by molar-refractivity contribution is 5.95. The van der Waals surface area contributed by atoms with Crippen molar-refractivity contribution in [2.24, 2.45) is 0 Å². The second kappa shape index (κ2) is 8.49. The number of carbonyl (C=O) groups excluding carboxylic acids is 3. The van der Waals surface area contributed by atoms with Crippen LogP contribution < -0.4 is 21.3 Å². The molecule has 4 N–H and O–H groups in total. The highest BCUT2D eigenvalue weighted by Gasteiger charge is 2.29. The van der Waals surface area contributed by atoms with Crippen LogP contribution >= 0.6 is 0 Å². The van der Waals surface area contributed by atoms with Crippen molar-refractivity contribution in [3.8, 4) is 0 Å². The molecule has 0 radical (unpaired) electrons. The van der Waals surface area contributed by atoms with Crippen molar-refractivity contribution in [3.05, 3.63) is 0 Å². The van der Waals surface area contributed by atoms with Gasteiger partial charge in [0.25, 0.3) is 0 Å². The normalized spacial score (nSPS) is 19.2. The van der Waals surface area contributed by atoms with E-state index in [1.165, 1.54) is 0 Å². The predicted molar refractivity (Wildman–Crippen MR) is 74.1 cm³/mol. The van der Waals surface area contributed by atoms with Gasteiger partial charge in [0.05, 0.1) is 6.54 Å². The first-order chi connectivity index (χ1) is 9.58. The summed E-state index contributed by atoms with van der Waals surface area (Å²) < 4.78 is 0. The van der Waals surface area contributed by atoms with Gasteiger partial charge >= 0.3 is 6.03 Å². The smallest absolute Gasteiger partial charge is 0.321 e. The van der Waals surface area contributed by atoms with Crippen LogP contribution in [0.15, 0.2) is 0 Å². The molecule has 0 bridgehead atoms. The van der Waals surface area contributed by atoms with Gasteiger partial charge in [0.2, 0.25) is 11.8 Å². The van der Waals surface area contributed by atoms with Crippen molar-refractivity contribution in [3.63, 3.8) is 0 Å². The number of amides is 4. The number of urea groups is 1. The summed E-state index contributed by atoms with van der Waals surface area (Å²) in [4.78, 5) is 36.6. The fraction of sp³-hybridized carbons (Fsp3) is 0.750. The van der Waals surface area contributed by atoms with Crippen LogP contribution in [0, 0.1) is 0 Å². The molecule has 20 heavy (non-hydrogen) atoms. The monoisotopic (exact) mass is 285 g/mol. The number of likely N-dealkylation sites (N-methyl/N-ethyl adjacent to an activating group) is 1. The largest absolute Gasteiger partial charge is 0.358 e. The van der Waals surface area contributed by atoms with Gasteiger partial charge in [0, 0.05) is 33.2 Å². The molecule has 1 fully saturated rings. The van der Waals surface area contributed by atoms with Crippen LogP contribution in [0.3, 0.4) is 0 Å². The maximum absolute atomic E-state index is 11.8. The van der Waals surface area contributed by atoms with E-state index in [9.17, 15) is 14.4 Å². The van der Waals surface area contributed by atoms with Gasteiger partial charge in [-0.1, -0.05) is 6.92 Å². The number of carbonyl (C=O) groups is 3. The summed E-state index contributed by atoms with van der Waals surface area (Å²) >= 11 is 0. The zero-order valence-corrected chi connectivity index (χ0v) is 12.0. The summed E-state index contributed by atoms with van der Waals surface area (Å²) in [5, 5.41) is 10.5. The lowest BCUT2D eigenvalue weighted by Crippen LogP contribution is -2.59. The molecule has 8 heteroatoms. The highest BCUT2D eigenvalue weighted by atomic mass is 16.2. The molecule has 114 valence electrons. The van der Waals surface area contributed by atoms with E-state index in [1.807, 2.05) is 6.92 Å². The third-order valence-electron chi connectivity index (χ3n) is 3.04. The van der Waals surface area contributed by atoms with Crippen molar-refractivity contribution >= 4 is 17.8 Å². The minimum atomic E-state index is -0.497. The number of hydrogen-bond acceptors (Lipinski definition) is 5. The summed E-state index contributed by atoms with van der Waals surface area (Å²) in [6, 6.07) is -0.887. The topological polar surface area (TPSA) is 103 Å². The molecule has 1 aliphatic rings. The summed E-state index contributed by atoms with van der Waals surface area (Å²) in [5.74, 6) is -0.546. The van der Waals surface area contributed by atoms with E-state index < -0.39 is 18.0 Å². The molecule has 1 rings (SSSR count). The van der Waals surface area contributed by atoms with Crippen LogP contribution in [0.2, 0.25) is 0 Å². The summed E-state index contributed by atoms with van der Waals surface area (Å²) in [7, 11) is 1.56. The highest BCUT2D eigenvalue weighted by Crippen LogP contribution is 2.02. The van der Waals surface area contributed by atoms with Gasteiger partial charge in [-0.15, -0.1) is 0 Å². The Hall–Kier alpha value is -1.67. The minimum absolute atomic E-state index is 0.0271. The lowest BCUT2D eigenvalue weighted by Gasteiger charge is -2.34. The third-order valence-corrected chi connectivity index (χ3v) is 3.04. The minimum Gasteiger partial charge on any atom is -0.358 e. The average molecular weight is 285 g/mol. The van der Waals surface area contributed by atoms with Gasteiger partial charge in [0.15, 0.2) is 0 Å². The Balaban J connectivity index is 2.45. The molecule has 0 aromatic carbocycles. The van der Waals surface area contributed by atoms with E-state index >= 15 is 0 Å². The molecule has 0 aromatic heterocycles. The first-order valence-electron chi connectivity index (χ1n) is 6.82. The van der Waals surface area contributed by atoms with E-state index in [-0.39, 0.29) is 12.5 Å². The van der Waals surface area contributed by atoms with E-state index in [1.54, 1.807) is 11.9 Å². The molecule has 8 nitrogen and oxygen atoms in total. The number of piperazine rings is 1. The average Bonchev–Trinajstić information content (AvgIpc) is 2.44. The number of rotatable bonds is 5. The molecule has 0 saturated carbocycles. The standard InChI is InChI=1S/C12H23N5O3/c1-3-4-15-12(20)16-10(18)8-17-6-5-14-7-9(17)11(19)13-2/h9,14H,3-8H2,1-2H3,(H,13,19)(H2,15,16,18,20). The van der Waals surface area contributed by atoms with Crippen LogP contribution in [0.25, 0.3) is 0 Å². The van der Waals surface area contributed by atoms with Crippen LogP contribution in [0.1, 0.15) is 13.3 Å². The molecule has 0 aromatic rings. The van der Waals surface area contributed by atoms with Crippen molar-refractivity contribution in [1.82, 2.24) is 26.2 Å². The third kappa shape index (κ3) is 5.14. The Morgan fingerprint density at radius 1 is 1.35 bits per heavy atom. The summed E-state index contributed by atoms with van der Waals surface area (Å²) in [5.41, 5.74) is 0. The Bertz CT molecular complexity index is 361. The predicted octanol–water partition coefficient (Wildman–Crippen LogP) is -1.76. The molecule has 1 atom stereocenters.